The Hall–Kier alpha value is -2.21. The predicted octanol–water partition coefficient (Wildman–Crippen LogP) is 1.08. The van der Waals surface area contributed by atoms with Crippen LogP contribution >= 0.6 is 11.6 Å². The Bertz CT molecular complexity index is 636. The highest BCUT2D eigenvalue weighted by Gasteiger charge is 2.08. The van der Waals surface area contributed by atoms with Crippen molar-refractivity contribution < 1.29 is 4.79 Å². The van der Waals surface area contributed by atoms with Crippen LogP contribution in [0.3, 0.4) is 0 Å². The summed E-state index contributed by atoms with van der Waals surface area (Å²) in [4.78, 5) is 30.8. The first-order valence-electron chi connectivity index (χ1n) is 5.02. The second kappa shape index (κ2) is 4.97. The van der Waals surface area contributed by atoms with Gasteiger partial charge in [-0.25, -0.2) is 9.97 Å². The largest absolute Gasteiger partial charge is 0.319 e. The minimum absolute atomic E-state index is 0.238. The quantitative estimate of drug-likeness (QED) is 0.881. The smallest absolute Gasteiger partial charge is 0.257 e. The summed E-state index contributed by atoms with van der Waals surface area (Å²) in [5.41, 5.74) is -0.000287. The van der Waals surface area contributed by atoms with Crippen LogP contribution in [-0.2, 0) is 7.05 Å². The molecule has 92 valence electrons. The van der Waals surface area contributed by atoms with Crippen molar-refractivity contribution in [2.75, 3.05) is 5.32 Å². The zero-order valence-corrected chi connectivity index (χ0v) is 10.2. The fraction of sp³-hybridized carbons (Fsp3) is 0.0909. The van der Waals surface area contributed by atoms with Gasteiger partial charge in [0.2, 0.25) is 0 Å². The van der Waals surface area contributed by atoms with Crippen LogP contribution in [0.2, 0.25) is 5.15 Å². The van der Waals surface area contributed by atoms with Gasteiger partial charge in [-0.2, -0.15) is 0 Å². The van der Waals surface area contributed by atoms with E-state index in [4.69, 9.17) is 11.6 Å². The van der Waals surface area contributed by atoms with Crippen molar-refractivity contribution in [3.8, 4) is 0 Å². The van der Waals surface area contributed by atoms with Crippen LogP contribution in [0.1, 0.15) is 10.4 Å². The van der Waals surface area contributed by atoms with Crippen molar-refractivity contribution in [1.29, 1.82) is 0 Å². The van der Waals surface area contributed by atoms with Crippen LogP contribution in [0.15, 0.2) is 35.5 Å². The van der Waals surface area contributed by atoms with Crippen molar-refractivity contribution in [2.24, 2.45) is 7.05 Å². The fourth-order valence-electron chi connectivity index (χ4n) is 1.26. The Kier molecular flexibility index (Phi) is 3.38. The molecule has 1 amide bonds. The molecule has 7 heteroatoms. The number of aromatic nitrogens is 3. The summed E-state index contributed by atoms with van der Waals surface area (Å²) in [5.74, 6) is -0.158. The highest BCUT2D eigenvalue weighted by molar-refractivity contribution is 6.29. The van der Waals surface area contributed by atoms with Crippen LogP contribution in [0.5, 0.6) is 0 Å². The molecular formula is C11H9ClN4O2. The number of halogens is 1. The summed E-state index contributed by atoms with van der Waals surface area (Å²) in [6.07, 6.45) is 4.17. The van der Waals surface area contributed by atoms with E-state index in [-0.39, 0.29) is 22.1 Å². The molecule has 2 aromatic rings. The third-order valence-electron chi connectivity index (χ3n) is 2.23. The van der Waals surface area contributed by atoms with Gasteiger partial charge in [0.15, 0.2) is 5.82 Å². The number of pyridine rings is 1. The minimum Gasteiger partial charge on any atom is -0.319 e. The van der Waals surface area contributed by atoms with Gasteiger partial charge >= 0.3 is 0 Å². The molecule has 0 atom stereocenters. The van der Waals surface area contributed by atoms with E-state index in [9.17, 15) is 9.59 Å². The van der Waals surface area contributed by atoms with Crippen LogP contribution in [0.25, 0.3) is 0 Å². The molecule has 0 bridgehead atoms. The average molecular weight is 265 g/mol. The maximum Gasteiger partial charge on any atom is 0.257 e. The Morgan fingerprint density at radius 2 is 2.17 bits per heavy atom. The lowest BCUT2D eigenvalue weighted by Gasteiger charge is -2.04. The van der Waals surface area contributed by atoms with Crippen LogP contribution in [0.4, 0.5) is 5.82 Å². The van der Waals surface area contributed by atoms with E-state index in [0.29, 0.717) is 0 Å². The first-order valence-corrected chi connectivity index (χ1v) is 5.39. The molecular weight excluding hydrogens is 256 g/mol. The standard InChI is InChI=1S/C11H9ClN4O2/c1-16-3-2-7(4-10(16)17)11(18)15-9-6-13-8(12)5-14-9/h2-6H,1H3,(H,14,15,18). The monoisotopic (exact) mass is 264 g/mol. The van der Waals surface area contributed by atoms with Gasteiger partial charge in [-0.15, -0.1) is 0 Å². The highest BCUT2D eigenvalue weighted by atomic mass is 35.5. The number of hydrogen-bond acceptors (Lipinski definition) is 4. The summed E-state index contributed by atoms with van der Waals surface area (Å²) in [5, 5.41) is 2.75. The van der Waals surface area contributed by atoms with Gasteiger partial charge in [-0.1, -0.05) is 11.6 Å². The molecule has 2 rings (SSSR count). The Balaban J connectivity index is 2.19. The number of aryl methyl sites for hydroxylation is 1. The molecule has 1 N–H and O–H groups in total. The van der Waals surface area contributed by atoms with Gasteiger partial charge < -0.3 is 9.88 Å². The number of nitrogens with one attached hydrogen (secondary N) is 1. The Morgan fingerprint density at radius 3 is 2.78 bits per heavy atom. The molecule has 0 saturated heterocycles. The maximum absolute atomic E-state index is 11.8. The van der Waals surface area contributed by atoms with Gasteiger partial charge in [0.1, 0.15) is 5.15 Å². The molecule has 6 nitrogen and oxygen atoms in total. The number of carbonyl (C=O) groups excluding carboxylic acids is 1. The number of nitrogens with zero attached hydrogens (tertiary/aromatic N) is 3. The van der Waals surface area contributed by atoms with Gasteiger partial charge in [0.05, 0.1) is 12.4 Å². The minimum atomic E-state index is -0.427. The normalized spacial score (nSPS) is 10.1. The summed E-state index contributed by atoms with van der Waals surface area (Å²) in [6.45, 7) is 0. The maximum atomic E-state index is 11.8. The highest BCUT2D eigenvalue weighted by Crippen LogP contribution is 2.06. The van der Waals surface area contributed by atoms with Crippen molar-refractivity contribution in [3.05, 3.63) is 51.8 Å². The Labute approximate surface area is 107 Å². The van der Waals surface area contributed by atoms with Crippen molar-refractivity contribution in [3.63, 3.8) is 0 Å². The second-order valence-corrected chi connectivity index (χ2v) is 3.93. The van der Waals surface area contributed by atoms with E-state index in [1.165, 1.54) is 29.2 Å². The molecule has 0 aliphatic heterocycles. The molecule has 0 aliphatic rings. The third kappa shape index (κ3) is 2.72. The van der Waals surface area contributed by atoms with E-state index < -0.39 is 5.91 Å². The van der Waals surface area contributed by atoms with Gasteiger partial charge in [0, 0.05) is 24.9 Å². The lowest BCUT2D eigenvalue weighted by molar-refractivity contribution is 0.102. The number of hydrogen-bond donors (Lipinski definition) is 1. The molecule has 0 saturated carbocycles. The lowest BCUT2D eigenvalue weighted by Crippen LogP contribution is -2.20. The van der Waals surface area contributed by atoms with Crippen LogP contribution in [0, 0.1) is 0 Å². The molecule has 2 aromatic heterocycles. The molecule has 18 heavy (non-hydrogen) atoms. The van der Waals surface area contributed by atoms with Crippen LogP contribution < -0.4 is 10.9 Å². The number of amides is 1. The molecule has 0 spiro atoms. The zero-order valence-electron chi connectivity index (χ0n) is 9.42. The molecule has 0 aliphatic carbocycles. The van der Waals surface area contributed by atoms with Crippen LogP contribution in [-0.4, -0.2) is 20.4 Å². The van der Waals surface area contributed by atoms with Crippen molar-refractivity contribution >= 4 is 23.3 Å². The Morgan fingerprint density at radius 1 is 1.39 bits per heavy atom. The summed E-state index contributed by atoms with van der Waals surface area (Å²) < 4.78 is 1.37. The second-order valence-electron chi connectivity index (χ2n) is 3.54. The van der Waals surface area contributed by atoms with Gasteiger partial charge in [0.25, 0.3) is 11.5 Å². The molecule has 0 unspecified atom stereocenters. The first kappa shape index (κ1) is 12.3. The zero-order chi connectivity index (χ0) is 13.1. The SMILES string of the molecule is Cn1ccc(C(=O)Nc2cnc(Cl)cn2)cc1=O. The first-order chi connectivity index (χ1) is 8.56. The summed E-state index contributed by atoms with van der Waals surface area (Å²) in [7, 11) is 1.61. The van der Waals surface area contributed by atoms with E-state index in [1.807, 2.05) is 0 Å². The molecule has 0 fully saturated rings. The van der Waals surface area contributed by atoms with Crippen molar-refractivity contribution in [1.82, 2.24) is 14.5 Å². The van der Waals surface area contributed by atoms with E-state index in [0.717, 1.165) is 0 Å². The number of carbonyl (C=O) groups is 1. The molecule has 0 aromatic carbocycles. The predicted molar refractivity (Wildman–Crippen MR) is 66.7 cm³/mol. The summed E-state index contributed by atoms with van der Waals surface area (Å²) in [6, 6.07) is 2.79. The van der Waals surface area contributed by atoms with Gasteiger partial charge in [-0.3, -0.25) is 9.59 Å². The number of anilines is 1. The average Bonchev–Trinajstić information content (AvgIpc) is 2.35. The number of rotatable bonds is 2. The van der Waals surface area contributed by atoms with Crippen molar-refractivity contribution in [2.45, 2.75) is 0 Å². The lowest BCUT2D eigenvalue weighted by atomic mass is 10.2. The van der Waals surface area contributed by atoms with Gasteiger partial charge in [-0.05, 0) is 6.07 Å². The van der Waals surface area contributed by atoms with E-state index in [2.05, 4.69) is 15.3 Å². The fourth-order valence-corrected chi connectivity index (χ4v) is 1.35. The molecule has 0 radical (unpaired) electrons. The third-order valence-corrected chi connectivity index (χ3v) is 2.42. The van der Waals surface area contributed by atoms with E-state index >= 15 is 0 Å². The molecule has 2 heterocycles. The topological polar surface area (TPSA) is 76.9 Å². The van der Waals surface area contributed by atoms with E-state index in [1.54, 1.807) is 13.1 Å². The summed E-state index contributed by atoms with van der Waals surface area (Å²) >= 11 is 5.57.